The van der Waals surface area contributed by atoms with E-state index in [-0.39, 0.29) is 0 Å². The monoisotopic (exact) mass is 279 g/mol. The Bertz CT molecular complexity index is 818. The van der Waals surface area contributed by atoms with Crippen LogP contribution in [0.1, 0.15) is 5.56 Å². The van der Waals surface area contributed by atoms with E-state index in [0.29, 0.717) is 5.69 Å². The van der Waals surface area contributed by atoms with E-state index in [2.05, 4.69) is 5.10 Å². The van der Waals surface area contributed by atoms with E-state index in [1.54, 1.807) is 30.3 Å². The first kappa shape index (κ1) is 12.5. The molecule has 4 nitrogen and oxygen atoms in total. The first-order valence-electron chi connectivity index (χ1n) is 5.70. The van der Waals surface area contributed by atoms with Crippen molar-refractivity contribution in [1.29, 1.82) is 0 Å². The van der Waals surface area contributed by atoms with Gasteiger partial charge in [0.25, 0.3) is 5.56 Å². The molecule has 20 heavy (non-hydrogen) atoms. The number of para-hydroxylation sites is 1. The highest BCUT2D eigenvalue weighted by Crippen LogP contribution is 2.31. The number of rotatable bonds is 1. The third-order valence-electron chi connectivity index (χ3n) is 2.92. The summed E-state index contributed by atoms with van der Waals surface area (Å²) in [7, 11) is 0. The van der Waals surface area contributed by atoms with Gasteiger partial charge in [-0.3, -0.25) is 9.36 Å². The lowest BCUT2D eigenvalue weighted by molar-refractivity contribution is -0.136. The summed E-state index contributed by atoms with van der Waals surface area (Å²) in [6.07, 6.45) is -2.27. The van der Waals surface area contributed by atoms with E-state index in [4.69, 9.17) is 0 Å². The number of halogens is 3. The molecule has 2 aromatic heterocycles. The molecule has 0 saturated heterocycles. The number of fused-ring (bicyclic) bond motifs is 1. The second kappa shape index (κ2) is 4.22. The number of hydrogen-bond donors (Lipinski definition) is 0. The highest BCUT2D eigenvalue weighted by atomic mass is 19.4. The van der Waals surface area contributed by atoms with E-state index in [1.165, 1.54) is 6.33 Å². The van der Waals surface area contributed by atoms with Crippen LogP contribution in [-0.2, 0) is 6.18 Å². The molecule has 0 atom stereocenters. The minimum Gasteiger partial charge on any atom is -0.266 e. The predicted molar refractivity (Wildman–Crippen MR) is 65.8 cm³/mol. The standard InChI is InChI=1S/C13H8F3N3O/c14-13(15,16)10-6-7-19-11(10)12(20)18(8-17-19)9-4-2-1-3-5-9/h1-8H. The molecule has 0 aliphatic carbocycles. The lowest BCUT2D eigenvalue weighted by atomic mass is 10.2. The Morgan fingerprint density at radius 1 is 1.05 bits per heavy atom. The highest BCUT2D eigenvalue weighted by Gasteiger charge is 2.35. The van der Waals surface area contributed by atoms with Gasteiger partial charge in [0, 0.05) is 6.20 Å². The van der Waals surface area contributed by atoms with Crippen molar-refractivity contribution >= 4 is 5.52 Å². The molecular formula is C13H8F3N3O. The van der Waals surface area contributed by atoms with Crippen LogP contribution in [0.3, 0.4) is 0 Å². The van der Waals surface area contributed by atoms with Crippen LogP contribution in [0.15, 0.2) is 53.7 Å². The summed E-state index contributed by atoms with van der Waals surface area (Å²) in [5.74, 6) is 0. The van der Waals surface area contributed by atoms with Crippen LogP contribution in [0.25, 0.3) is 11.2 Å². The van der Waals surface area contributed by atoms with Gasteiger partial charge >= 0.3 is 6.18 Å². The Kier molecular flexibility index (Phi) is 2.63. The van der Waals surface area contributed by atoms with Gasteiger partial charge in [0.15, 0.2) is 0 Å². The topological polar surface area (TPSA) is 39.3 Å². The normalized spacial score (nSPS) is 11.9. The van der Waals surface area contributed by atoms with Crippen LogP contribution < -0.4 is 5.56 Å². The zero-order chi connectivity index (χ0) is 14.3. The largest absolute Gasteiger partial charge is 0.418 e. The molecule has 0 amide bonds. The van der Waals surface area contributed by atoms with Gasteiger partial charge in [-0.25, -0.2) is 4.52 Å². The molecule has 0 N–H and O–H groups in total. The number of nitrogens with zero attached hydrogens (tertiary/aromatic N) is 3. The summed E-state index contributed by atoms with van der Waals surface area (Å²) in [5, 5.41) is 3.83. The molecule has 0 unspecified atom stereocenters. The molecule has 0 saturated carbocycles. The van der Waals surface area contributed by atoms with Crippen LogP contribution in [0, 0.1) is 0 Å². The zero-order valence-electron chi connectivity index (χ0n) is 10.0. The van der Waals surface area contributed by atoms with Crippen molar-refractivity contribution in [2.24, 2.45) is 0 Å². The summed E-state index contributed by atoms with van der Waals surface area (Å²) in [4.78, 5) is 12.3. The van der Waals surface area contributed by atoms with Crippen molar-refractivity contribution in [2.45, 2.75) is 6.18 Å². The van der Waals surface area contributed by atoms with Gasteiger partial charge in [-0.15, -0.1) is 0 Å². The number of benzene rings is 1. The zero-order valence-corrected chi connectivity index (χ0v) is 10.0. The number of hydrogen-bond acceptors (Lipinski definition) is 2. The Morgan fingerprint density at radius 2 is 1.75 bits per heavy atom. The van der Waals surface area contributed by atoms with E-state index < -0.39 is 22.8 Å². The van der Waals surface area contributed by atoms with Gasteiger partial charge in [0.1, 0.15) is 11.8 Å². The average Bonchev–Trinajstić information content (AvgIpc) is 2.85. The maximum absolute atomic E-state index is 12.9. The van der Waals surface area contributed by atoms with Gasteiger partial charge in [-0.2, -0.15) is 18.3 Å². The van der Waals surface area contributed by atoms with Crippen molar-refractivity contribution in [3.8, 4) is 5.69 Å². The maximum atomic E-state index is 12.9. The Morgan fingerprint density at radius 3 is 2.40 bits per heavy atom. The fraction of sp³-hybridized carbons (Fsp3) is 0.0769. The molecule has 3 aromatic rings. The first-order valence-corrected chi connectivity index (χ1v) is 5.70. The second-order valence-corrected chi connectivity index (χ2v) is 4.16. The van der Waals surface area contributed by atoms with Crippen molar-refractivity contribution in [1.82, 2.24) is 14.2 Å². The molecule has 0 aliphatic rings. The fourth-order valence-electron chi connectivity index (χ4n) is 2.01. The van der Waals surface area contributed by atoms with Gasteiger partial charge in [0.05, 0.1) is 11.3 Å². The smallest absolute Gasteiger partial charge is 0.266 e. The Balaban J connectivity index is 2.33. The molecule has 1 aromatic carbocycles. The van der Waals surface area contributed by atoms with E-state index in [1.807, 2.05) is 0 Å². The summed E-state index contributed by atoms with van der Waals surface area (Å²) in [5.41, 5.74) is -1.77. The lowest BCUT2D eigenvalue weighted by Crippen LogP contribution is -2.23. The third kappa shape index (κ3) is 1.87. The van der Waals surface area contributed by atoms with E-state index in [9.17, 15) is 18.0 Å². The Hall–Kier alpha value is -2.57. The predicted octanol–water partition coefficient (Wildman–Crippen LogP) is 2.50. The minimum absolute atomic E-state index is 0.460. The average molecular weight is 279 g/mol. The summed E-state index contributed by atoms with van der Waals surface area (Å²) < 4.78 is 40.7. The van der Waals surface area contributed by atoms with Crippen molar-refractivity contribution in [3.63, 3.8) is 0 Å². The molecular weight excluding hydrogens is 271 g/mol. The van der Waals surface area contributed by atoms with Crippen molar-refractivity contribution < 1.29 is 13.2 Å². The van der Waals surface area contributed by atoms with Crippen molar-refractivity contribution in [2.75, 3.05) is 0 Å². The third-order valence-corrected chi connectivity index (χ3v) is 2.92. The molecule has 0 fully saturated rings. The molecule has 7 heteroatoms. The van der Waals surface area contributed by atoms with Gasteiger partial charge < -0.3 is 0 Å². The molecule has 3 rings (SSSR count). The van der Waals surface area contributed by atoms with Crippen LogP contribution >= 0.6 is 0 Å². The van der Waals surface area contributed by atoms with Crippen LogP contribution in [0.5, 0.6) is 0 Å². The Labute approximate surface area is 110 Å². The quantitative estimate of drug-likeness (QED) is 0.686. The van der Waals surface area contributed by atoms with Crippen molar-refractivity contribution in [3.05, 3.63) is 64.8 Å². The van der Waals surface area contributed by atoms with E-state index in [0.717, 1.165) is 21.3 Å². The summed E-state index contributed by atoms with van der Waals surface area (Å²) in [6, 6.07) is 9.22. The number of aromatic nitrogens is 3. The number of alkyl halides is 3. The summed E-state index contributed by atoms with van der Waals surface area (Å²) >= 11 is 0. The van der Waals surface area contributed by atoms with Crippen LogP contribution in [0.2, 0.25) is 0 Å². The molecule has 0 bridgehead atoms. The summed E-state index contributed by atoms with van der Waals surface area (Å²) in [6.45, 7) is 0. The molecule has 102 valence electrons. The fourth-order valence-corrected chi connectivity index (χ4v) is 2.01. The highest BCUT2D eigenvalue weighted by molar-refractivity contribution is 5.55. The lowest BCUT2D eigenvalue weighted by Gasteiger charge is -2.08. The SMILES string of the molecule is O=c1c2c(C(F)(F)F)ccn2ncn1-c1ccccc1. The molecule has 0 spiro atoms. The van der Waals surface area contributed by atoms with Gasteiger partial charge in [0.2, 0.25) is 0 Å². The molecule has 0 radical (unpaired) electrons. The maximum Gasteiger partial charge on any atom is 0.418 e. The molecule has 0 aliphatic heterocycles. The first-order chi connectivity index (χ1) is 9.48. The molecule has 2 heterocycles. The van der Waals surface area contributed by atoms with E-state index >= 15 is 0 Å². The van der Waals surface area contributed by atoms with Gasteiger partial charge in [-0.05, 0) is 18.2 Å². The van der Waals surface area contributed by atoms with Crippen LogP contribution in [-0.4, -0.2) is 14.2 Å². The second-order valence-electron chi connectivity index (χ2n) is 4.16. The van der Waals surface area contributed by atoms with Crippen LogP contribution in [0.4, 0.5) is 13.2 Å². The van der Waals surface area contributed by atoms with Gasteiger partial charge in [-0.1, -0.05) is 18.2 Å². The minimum atomic E-state index is -4.59.